The van der Waals surface area contributed by atoms with Gasteiger partial charge in [-0.3, -0.25) is 19.7 Å². The molecule has 2 aliphatic rings. The van der Waals surface area contributed by atoms with E-state index in [4.69, 9.17) is 9.47 Å². The van der Waals surface area contributed by atoms with E-state index < -0.39 is 20.5 Å². The Bertz CT molecular complexity index is 1200. The molecular weight excluding hydrogens is 484 g/mol. The molecule has 1 aliphatic carbocycles. The molecule has 2 N–H and O–H groups in total. The van der Waals surface area contributed by atoms with Gasteiger partial charge in [0.1, 0.15) is 23.0 Å². The lowest BCUT2D eigenvalue weighted by Crippen LogP contribution is -2.51. The first-order valence-electron chi connectivity index (χ1n) is 12.0. The SMILES string of the molecule is COc1ccc(Oc2ccc(S(=O)(=O)C3(C(=O)NO)CCC4(CCN(CC(C)=O)CC4)C3)cc2)cc1. The first-order valence-corrected chi connectivity index (χ1v) is 13.4. The molecule has 1 saturated heterocycles. The Kier molecular flexibility index (Phi) is 7.40. The van der Waals surface area contributed by atoms with Crippen LogP contribution in [0.2, 0.25) is 0 Å². The third-order valence-corrected chi connectivity index (χ3v) is 10.00. The zero-order chi connectivity index (χ0) is 26.0. The van der Waals surface area contributed by atoms with Gasteiger partial charge in [0.05, 0.1) is 18.6 Å². The molecule has 1 saturated carbocycles. The molecule has 2 fully saturated rings. The Labute approximate surface area is 211 Å². The van der Waals surface area contributed by atoms with Gasteiger partial charge in [0.15, 0.2) is 14.6 Å². The van der Waals surface area contributed by atoms with Gasteiger partial charge < -0.3 is 9.47 Å². The number of likely N-dealkylation sites (tertiary alicyclic amines) is 1. The number of carbonyl (C=O) groups excluding carboxylic acids is 2. The second-order valence-corrected chi connectivity index (χ2v) is 12.1. The lowest BCUT2D eigenvalue weighted by atomic mass is 9.76. The maximum atomic E-state index is 13.9. The zero-order valence-electron chi connectivity index (χ0n) is 20.5. The highest BCUT2D eigenvalue weighted by atomic mass is 32.2. The lowest BCUT2D eigenvalue weighted by Gasteiger charge is -2.40. The van der Waals surface area contributed by atoms with E-state index in [9.17, 15) is 23.2 Å². The quantitative estimate of drug-likeness (QED) is 0.405. The molecule has 1 heterocycles. The van der Waals surface area contributed by atoms with Crippen molar-refractivity contribution in [2.45, 2.75) is 48.7 Å². The molecule has 1 amide bonds. The fraction of sp³-hybridized carbons (Fsp3) is 0.462. The van der Waals surface area contributed by atoms with Crippen LogP contribution in [0, 0.1) is 5.41 Å². The molecule has 1 unspecified atom stereocenters. The molecule has 1 spiro atoms. The first kappa shape index (κ1) is 26.1. The van der Waals surface area contributed by atoms with Crippen LogP contribution < -0.4 is 15.0 Å². The standard InChI is InChI=1S/C26H32N2O7S/c1-19(29)17-28-15-13-25(14-16-28)11-12-26(18-25,24(30)27-31)36(32,33)23-9-7-22(8-10-23)35-21-5-3-20(34-2)4-6-21/h3-10,31H,11-18H2,1-2H3,(H,27,30). The molecule has 2 aromatic rings. The van der Waals surface area contributed by atoms with Gasteiger partial charge >= 0.3 is 0 Å². The normalized spacial score (nSPS) is 21.8. The van der Waals surface area contributed by atoms with E-state index in [1.54, 1.807) is 55.9 Å². The van der Waals surface area contributed by atoms with E-state index in [-0.39, 0.29) is 28.9 Å². The fourth-order valence-corrected chi connectivity index (χ4v) is 7.62. The van der Waals surface area contributed by atoms with Crippen molar-refractivity contribution in [1.29, 1.82) is 0 Å². The monoisotopic (exact) mass is 516 g/mol. The van der Waals surface area contributed by atoms with Crippen molar-refractivity contribution in [3.63, 3.8) is 0 Å². The number of rotatable bonds is 8. The van der Waals surface area contributed by atoms with Gasteiger partial charge in [-0.15, -0.1) is 0 Å². The number of sulfone groups is 1. The average molecular weight is 517 g/mol. The van der Waals surface area contributed by atoms with Gasteiger partial charge in [-0.1, -0.05) is 0 Å². The van der Waals surface area contributed by atoms with Crippen LogP contribution in [0.25, 0.3) is 0 Å². The summed E-state index contributed by atoms with van der Waals surface area (Å²) in [5, 5.41) is 9.51. The van der Waals surface area contributed by atoms with Crippen molar-refractivity contribution in [3.8, 4) is 17.2 Å². The van der Waals surface area contributed by atoms with Crippen molar-refractivity contribution >= 4 is 21.5 Å². The third kappa shape index (κ3) is 4.98. The number of Topliss-reactive ketones (excluding diaryl/α,β-unsaturated/α-hetero) is 1. The predicted octanol–water partition coefficient (Wildman–Crippen LogP) is 3.36. The maximum Gasteiger partial charge on any atom is 0.265 e. The van der Waals surface area contributed by atoms with Gasteiger partial charge in [0.2, 0.25) is 0 Å². The largest absolute Gasteiger partial charge is 0.497 e. The van der Waals surface area contributed by atoms with E-state index in [0.29, 0.717) is 56.1 Å². The highest BCUT2D eigenvalue weighted by Crippen LogP contribution is 2.55. The first-order chi connectivity index (χ1) is 17.1. The molecule has 4 rings (SSSR count). The Morgan fingerprint density at radius 1 is 0.944 bits per heavy atom. The minimum Gasteiger partial charge on any atom is -0.497 e. The number of ether oxygens (including phenoxy) is 2. The van der Waals surface area contributed by atoms with E-state index in [1.165, 1.54) is 12.1 Å². The fourth-order valence-electron chi connectivity index (χ4n) is 5.52. The van der Waals surface area contributed by atoms with Gasteiger partial charge in [-0.2, -0.15) is 0 Å². The molecule has 2 aromatic carbocycles. The molecule has 10 heteroatoms. The third-order valence-electron chi connectivity index (χ3n) is 7.54. The number of piperidine rings is 1. The molecule has 36 heavy (non-hydrogen) atoms. The Morgan fingerprint density at radius 3 is 2.03 bits per heavy atom. The van der Waals surface area contributed by atoms with Crippen molar-refractivity contribution in [1.82, 2.24) is 10.4 Å². The average Bonchev–Trinajstić information content (AvgIpc) is 3.26. The van der Waals surface area contributed by atoms with E-state index in [2.05, 4.69) is 4.90 Å². The molecule has 9 nitrogen and oxygen atoms in total. The second kappa shape index (κ2) is 10.2. The van der Waals surface area contributed by atoms with Crippen LogP contribution in [0.4, 0.5) is 0 Å². The minimum absolute atomic E-state index is 0.000698. The van der Waals surface area contributed by atoms with Gasteiger partial charge in [-0.25, -0.2) is 13.9 Å². The van der Waals surface area contributed by atoms with E-state index >= 15 is 0 Å². The molecule has 1 aliphatic heterocycles. The van der Waals surface area contributed by atoms with E-state index in [1.807, 2.05) is 0 Å². The summed E-state index contributed by atoms with van der Waals surface area (Å²) >= 11 is 0. The number of methoxy groups -OCH3 is 1. The number of nitrogens with zero attached hydrogens (tertiary/aromatic N) is 1. The highest BCUT2D eigenvalue weighted by molar-refractivity contribution is 7.93. The lowest BCUT2D eigenvalue weighted by molar-refractivity contribution is -0.132. The summed E-state index contributed by atoms with van der Waals surface area (Å²) in [5.41, 5.74) is 1.30. The predicted molar refractivity (Wildman–Crippen MR) is 132 cm³/mol. The molecular formula is C26H32N2O7S. The summed E-state index contributed by atoms with van der Waals surface area (Å²) in [7, 11) is -2.56. The van der Waals surface area contributed by atoms with Gasteiger partial charge in [0, 0.05) is 0 Å². The number of hydroxylamine groups is 1. The van der Waals surface area contributed by atoms with Gasteiger partial charge in [-0.05, 0) is 106 Å². The smallest absolute Gasteiger partial charge is 0.265 e. The van der Waals surface area contributed by atoms with E-state index in [0.717, 1.165) is 0 Å². The summed E-state index contributed by atoms with van der Waals surface area (Å²) < 4.78 is 36.9. The van der Waals surface area contributed by atoms with Crippen LogP contribution in [-0.4, -0.2) is 61.7 Å². The summed E-state index contributed by atoms with van der Waals surface area (Å²) in [4.78, 5) is 26.5. The maximum absolute atomic E-state index is 13.9. The van der Waals surface area contributed by atoms with Crippen LogP contribution in [0.15, 0.2) is 53.4 Å². The molecule has 194 valence electrons. The Balaban J connectivity index is 1.54. The molecule has 0 aromatic heterocycles. The zero-order valence-corrected chi connectivity index (χ0v) is 21.3. The number of carbonyl (C=O) groups is 2. The number of benzene rings is 2. The van der Waals surface area contributed by atoms with Crippen LogP contribution >= 0.6 is 0 Å². The molecule has 1 atom stereocenters. The highest BCUT2D eigenvalue weighted by Gasteiger charge is 2.60. The van der Waals surface area contributed by atoms with Crippen molar-refractivity contribution in [2.24, 2.45) is 5.41 Å². The van der Waals surface area contributed by atoms with Gasteiger partial charge in [0.25, 0.3) is 5.91 Å². The number of hydrogen-bond acceptors (Lipinski definition) is 8. The topological polar surface area (TPSA) is 122 Å². The number of nitrogens with one attached hydrogen (secondary N) is 1. The van der Waals surface area contributed by atoms with Crippen molar-refractivity contribution in [3.05, 3.63) is 48.5 Å². The minimum atomic E-state index is -4.13. The number of amides is 1. The van der Waals surface area contributed by atoms with Crippen LogP contribution in [-0.2, 0) is 19.4 Å². The molecule has 0 bridgehead atoms. The Hall–Kier alpha value is -2.95. The van der Waals surface area contributed by atoms with Crippen LogP contribution in [0.3, 0.4) is 0 Å². The molecule has 0 radical (unpaired) electrons. The second-order valence-electron chi connectivity index (χ2n) is 9.84. The summed E-state index contributed by atoms with van der Waals surface area (Å²) in [6, 6.07) is 13.0. The van der Waals surface area contributed by atoms with Crippen molar-refractivity contribution in [2.75, 3.05) is 26.7 Å². The Morgan fingerprint density at radius 2 is 1.50 bits per heavy atom. The summed E-state index contributed by atoms with van der Waals surface area (Å²) in [6.45, 7) is 3.28. The van der Waals surface area contributed by atoms with Crippen LogP contribution in [0.1, 0.15) is 39.0 Å². The van der Waals surface area contributed by atoms with Crippen LogP contribution in [0.5, 0.6) is 17.2 Å². The number of hydrogen-bond donors (Lipinski definition) is 2. The summed E-state index contributed by atoms with van der Waals surface area (Å²) in [5.74, 6) is 0.893. The number of ketones is 1. The van der Waals surface area contributed by atoms with Crippen molar-refractivity contribution < 1.29 is 32.7 Å². The summed E-state index contributed by atoms with van der Waals surface area (Å²) in [6.07, 6.45) is 2.22.